The van der Waals surface area contributed by atoms with E-state index in [1.165, 1.54) is 28.6 Å². The molecule has 42 heavy (non-hydrogen) atoms. The van der Waals surface area contributed by atoms with E-state index in [0.29, 0.717) is 49.2 Å². The zero-order valence-corrected chi connectivity index (χ0v) is 24.8. The molecule has 1 amide bonds. The van der Waals surface area contributed by atoms with Crippen LogP contribution in [-0.4, -0.2) is 55.2 Å². The summed E-state index contributed by atoms with van der Waals surface area (Å²) >= 11 is 0. The molecule has 12 heteroatoms. The van der Waals surface area contributed by atoms with Gasteiger partial charge >= 0.3 is 6.01 Å². The van der Waals surface area contributed by atoms with E-state index < -0.39 is 15.9 Å². The number of benzene rings is 3. The van der Waals surface area contributed by atoms with Gasteiger partial charge in [0.15, 0.2) is 11.5 Å². The zero-order chi connectivity index (χ0) is 30.1. The van der Waals surface area contributed by atoms with Gasteiger partial charge in [0.1, 0.15) is 0 Å². The highest BCUT2D eigenvalue weighted by Gasteiger charge is 2.24. The molecule has 0 aliphatic heterocycles. The molecule has 0 aliphatic carbocycles. The first kappa shape index (κ1) is 30.5. The number of carbonyl (C=O) groups excluding carboxylic acids is 1. The summed E-state index contributed by atoms with van der Waals surface area (Å²) in [5.74, 6) is 0.997. The molecule has 1 aromatic heterocycles. The second-order valence-corrected chi connectivity index (χ2v) is 10.8. The highest BCUT2D eigenvalue weighted by molar-refractivity contribution is 7.89. The van der Waals surface area contributed by atoms with Crippen LogP contribution in [0.4, 0.5) is 6.01 Å². The van der Waals surface area contributed by atoms with Gasteiger partial charge in [-0.15, -0.1) is 5.10 Å². The lowest BCUT2D eigenvalue weighted by molar-refractivity contribution is 0.102. The van der Waals surface area contributed by atoms with E-state index in [9.17, 15) is 13.2 Å². The Morgan fingerprint density at radius 1 is 0.857 bits per heavy atom. The van der Waals surface area contributed by atoms with Crippen LogP contribution in [0.2, 0.25) is 0 Å². The number of hydrogen-bond donors (Lipinski definition) is 1. The molecule has 0 bridgehead atoms. The van der Waals surface area contributed by atoms with Crippen molar-refractivity contribution in [3.63, 3.8) is 0 Å². The molecule has 0 aliphatic rings. The fraction of sp³-hybridized carbons (Fsp3) is 0.300. The van der Waals surface area contributed by atoms with Gasteiger partial charge in [-0.25, -0.2) is 8.42 Å². The molecule has 0 saturated carbocycles. The van der Waals surface area contributed by atoms with Gasteiger partial charge in [-0.1, -0.05) is 42.4 Å². The molecule has 0 saturated heterocycles. The van der Waals surface area contributed by atoms with Gasteiger partial charge in [0.25, 0.3) is 5.91 Å². The minimum atomic E-state index is -3.77. The summed E-state index contributed by atoms with van der Waals surface area (Å²) in [5.41, 5.74) is 1.62. The normalized spacial score (nSPS) is 11.4. The zero-order valence-electron chi connectivity index (χ0n) is 24.0. The molecule has 222 valence electrons. The largest absolute Gasteiger partial charge is 0.490 e. The minimum absolute atomic E-state index is 0.0858. The third-order valence-electron chi connectivity index (χ3n) is 6.11. The molecule has 11 nitrogen and oxygen atoms in total. The first-order valence-corrected chi connectivity index (χ1v) is 15.1. The molecular formula is C30H34N4O7S. The standard InChI is InChI=1S/C30H34N4O7S/c1-5-34(20-21-12-10-9-11-13-21)42(36,37)24-16-14-22(15-17-24)28(35)31-30-33-32-29(41-30)23-18-25(38-6-2)27(40-8-4)26(19-23)39-7-3/h9-19H,5-8,20H2,1-4H3,(H,31,33,35). The summed E-state index contributed by atoms with van der Waals surface area (Å²) < 4.78 is 50.8. The Kier molecular flexibility index (Phi) is 10.2. The van der Waals surface area contributed by atoms with E-state index in [1.54, 1.807) is 19.1 Å². The second-order valence-electron chi connectivity index (χ2n) is 8.91. The van der Waals surface area contributed by atoms with Crippen molar-refractivity contribution in [1.29, 1.82) is 0 Å². The number of nitrogens with zero attached hydrogens (tertiary/aromatic N) is 3. The van der Waals surface area contributed by atoms with Crippen molar-refractivity contribution < 1.29 is 31.8 Å². The number of nitrogens with one attached hydrogen (secondary N) is 1. The van der Waals surface area contributed by atoms with Crippen molar-refractivity contribution in [3.05, 3.63) is 77.9 Å². The number of anilines is 1. The van der Waals surface area contributed by atoms with E-state index in [1.807, 2.05) is 51.1 Å². The predicted molar refractivity (Wildman–Crippen MR) is 157 cm³/mol. The van der Waals surface area contributed by atoms with Gasteiger partial charge in [-0.3, -0.25) is 10.1 Å². The van der Waals surface area contributed by atoms with E-state index >= 15 is 0 Å². The third kappa shape index (κ3) is 7.07. The van der Waals surface area contributed by atoms with Crippen LogP contribution in [0.3, 0.4) is 0 Å². The Bertz CT molecular complexity index is 1560. The lowest BCUT2D eigenvalue weighted by Gasteiger charge is -2.20. The predicted octanol–water partition coefficient (Wildman–Crippen LogP) is 5.40. The van der Waals surface area contributed by atoms with Crippen LogP contribution in [0.25, 0.3) is 11.5 Å². The first-order valence-electron chi connectivity index (χ1n) is 13.7. The number of rotatable bonds is 14. The Hall–Kier alpha value is -4.42. The van der Waals surface area contributed by atoms with Crippen LogP contribution in [0.15, 0.2) is 76.0 Å². The number of sulfonamides is 1. The Labute approximate surface area is 245 Å². The maximum absolute atomic E-state index is 13.2. The molecule has 4 rings (SSSR count). The lowest BCUT2D eigenvalue weighted by Crippen LogP contribution is -2.30. The molecule has 3 aromatic carbocycles. The average Bonchev–Trinajstić information content (AvgIpc) is 3.46. The van der Waals surface area contributed by atoms with Crippen molar-refractivity contribution >= 4 is 21.9 Å². The lowest BCUT2D eigenvalue weighted by atomic mass is 10.2. The topological polar surface area (TPSA) is 133 Å². The summed E-state index contributed by atoms with van der Waals surface area (Å²) in [5, 5.41) is 10.5. The van der Waals surface area contributed by atoms with E-state index in [2.05, 4.69) is 15.5 Å². The fourth-order valence-electron chi connectivity index (χ4n) is 4.15. The molecule has 0 fully saturated rings. The van der Waals surface area contributed by atoms with Crippen molar-refractivity contribution in [1.82, 2.24) is 14.5 Å². The monoisotopic (exact) mass is 594 g/mol. The molecule has 1 heterocycles. The molecule has 1 N–H and O–H groups in total. The number of carbonyl (C=O) groups is 1. The van der Waals surface area contributed by atoms with Crippen LogP contribution in [0, 0.1) is 0 Å². The molecular weight excluding hydrogens is 560 g/mol. The Balaban J connectivity index is 1.49. The van der Waals surface area contributed by atoms with Crippen molar-refractivity contribution in [2.45, 2.75) is 39.1 Å². The molecule has 0 radical (unpaired) electrons. The van der Waals surface area contributed by atoms with Crippen molar-refractivity contribution in [2.24, 2.45) is 0 Å². The van der Waals surface area contributed by atoms with Crippen LogP contribution >= 0.6 is 0 Å². The summed E-state index contributed by atoms with van der Waals surface area (Å²) in [6, 6.07) is 18.3. The van der Waals surface area contributed by atoms with Gasteiger partial charge in [-0.2, -0.15) is 4.31 Å². The van der Waals surface area contributed by atoms with Crippen LogP contribution in [0.1, 0.15) is 43.6 Å². The van der Waals surface area contributed by atoms with Crippen LogP contribution < -0.4 is 19.5 Å². The van der Waals surface area contributed by atoms with Crippen LogP contribution in [0.5, 0.6) is 17.2 Å². The summed E-state index contributed by atoms with van der Waals surface area (Å²) in [6.45, 7) is 9.14. The maximum atomic E-state index is 13.2. The summed E-state index contributed by atoms with van der Waals surface area (Å²) in [7, 11) is -3.77. The van der Waals surface area contributed by atoms with Crippen LogP contribution in [-0.2, 0) is 16.6 Å². The van der Waals surface area contributed by atoms with E-state index in [-0.39, 0.29) is 28.9 Å². The molecule has 4 aromatic rings. The van der Waals surface area contributed by atoms with Gasteiger partial charge in [0.2, 0.25) is 21.7 Å². The number of hydrogen-bond acceptors (Lipinski definition) is 9. The quantitative estimate of drug-likeness (QED) is 0.204. The second kappa shape index (κ2) is 14.0. The fourth-order valence-corrected chi connectivity index (χ4v) is 5.59. The van der Waals surface area contributed by atoms with Gasteiger partial charge in [0, 0.05) is 24.2 Å². The number of amides is 1. The average molecular weight is 595 g/mol. The van der Waals surface area contributed by atoms with Crippen molar-refractivity contribution in [2.75, 3.05) is 31.7 Å². The van der Waals surface area contributed by atoms with Crippen molar-refractivity contribution in [3.8, 4) is 28.7 Å². The van der Waals surface area contributed by atoms with Gasteiger partial charge in [-0.05, 0) is 62.7 Å². The number of aromatic nitrogens is 2. The minimum Gasteiger partial charge on any atom is -0.490 e. The van der Waals surface area contributed by atoms with Gasteiger partial charge < -0.3 is 18.6 Å². The summed E-state index contributed by atoms with van der Waals surface area (Å²) in [6.07, 6.45) is 0. The summed E-state index contributed by atoms with van der Waals surface area (Å²) in [4.78, 5) is 13.0. The SMILES string of the molecule is CCOc1cc(-c2nnc(NC(=O)c3ccc(S(=O)(=O)N(CC)Cc4ccccc4)cc3)o2)cc(OCC)c1OCC. The van der Waals surface area contributed by atoms with Gasteiger partial charge in [0.05, 0.1) is 24.7 Å². The highest BCUT2D eigenvalue weighted by Crippen LogP contribution is 2.42. The van der Waals surface area contributed by atoms with E-state index in [0.717, 1.165) is 5.56 Å². The molecule has 0 spiro atoms. The van der Waals surface area contributed by atoms with E-state index in [4.69, 9.17) is 18.6 Å². The third-order valence-corrected chi connectivity index (χ3v) is 8.05. The highest BCUT2D eigenvalue weighted by atomic mass is 32.2. The molecule has 0 atom stereocenters. The number of ether oxygens (including phenoxy) is 3. The Morgan fingerprint density at radius 3 is 2.05 bits per heavy atom. The Morgan fingerprint density at radius 2 is 1.48 bits per heavy atom. The first-order chi connectivity index (χ1) is 20.3. The molecule has 0 unspecified atom stereocenters. The maximum Gasteiger partial charge on any atom is 0.322 e. The smallest absolute Gasteiger partial charge is 0.322 e.